The summed E-state index contributed by atoms with van der Waals surface area (Å²) in [4.78, 5) is 17.6. The molecule has 0 radical (unpaired) electrons. The quantitative estimate of drug-likeness (QED) is 0.295. The van der Waals surface area contributed by atoms with Crippen molar-refractivity contribution in [3.63, 3.8) is 0 Å². The summed E-state index contributed by atoms with van der Waals surface area (Å²) >= 11 is 6.25. The van der Waals surface area contributed by atoms with Crippen molar-refractivity contribution in [3.8, 4) is 0 Å². The fraction of sp³-hybridized carbons (Fsp3) is 0.909. The zero-order valence-corrected chi connectivity index (χ0v) is 18.8. The Morgan fingerprint density at radius 3 is 2.35 bits per heavy atom. The van der Waals surface area contributed by atoms with Gasteiger partial charge in [0.15, 0.2) is 5.96 Å². The molecule has 1 saturated heterocycles. The van der Waals surface area contributed by atoms with Crippen LogP contribution in [0.3, 0.4) is 0 Å². The highest BCUT2D eigenvalue weighted by Crippen LogP contribution is 2.32. The molecule has 4 rings (SSSR count). The number of amides is 1. The molecule has 6 nitrogen and oxygen atoms in total. The van der Waals surface area contributed by atoms with Crippen molar-refractivity contribution in [1.29, 1.82) is 0 Å². The summed E-state index contributed by atoms with van der Waals surface area (Å²) in [7, 11) is 0. The van der Waals surface area contributed by atoms with Crippen LogP contribution in [-0.4, -0.2) is 47.8 Å². The standard InChI is InChI=1S/C22H36ClF2N5O/c23-15-8-5-13(6-9-15)19-12-20(30-29-19)27-22(26-16-3-1-2-4-16)28-21(31)14-7-10-17(24)18(25)11-14/h13-20,29-30H,1-12H2,(H2,26,27,28,31). The first-order valence-corrected chi connectivity index (χ1v) is 12.5. The first-order valence-electron chi connectivity index (χ1n) is 12.1. The van der Waals surface area contributed by atoms with Crippen LogP contribution in [0.4, 0.5) is 8.78 Å². The number of carbonyl (C=O) groups excluding carboxylic acids is 1. The summed E-state index contributed by atoms with van der Waals surface area (Å²) in [6.45, 7) is 0. The minimum Gasteiger partial charge on any atom is -0.353 e. The summed E-state index contributed by atoms with van der Waals surface area (Å²) in [6.07, 6.45) is 6.90. The predicted octanol–water partition coefficient (Wildman–Crippen LogP) is 3.46. The molecule has 5 unspecified atom stereocenters. The largest absolute Gasteiger partial charge is 0.353 e. The van der Waals surface area contributed by atoms with E-state index in [0.717, 1.165) is 57.8 Å². The molecule has 0 aromatic heterocycles. The van der Waals surface area contributed by atoms with Gasteiger partial charge in [0, 0.05) is 29.8 Å². The van der Waals surface area contributed by atoms with Gasteiger partial charge < -0.3 is 5.32 Å². The van der Waals surface area contributed by atoms with E-state index in [1.165, 1.54) is 0 Å². The average molecular weight is 460 g/mol. The van der Waals surface area contributed by atoms with E-state index in [0.29, 0.717) is 35.8 Å². The molecule has 0 spiro atoms. The van der Waals surface area contributed by atoms with E-state index in [1.54, 1.807) is 0 Å². The number of hydrogen-bond donors (Lipinski definition) is 4. The lowest BCUT2D eigenvalue weighted by molar-refractivity contribution is -0.125. The first-order chi connectivity index (χ1) is 15.0. The number of halogens is 3. The van der Waals surface area contributed by atoms with Crippen molar-refractivity contribution in [2.75, 3.05) is 0 Å². The molecule has 4 fully saturated rings. The number of nitrogens with one attached hydrogen (secondary N) is 4. The smallest absolute Gasteiger partial charge is 0.229 e. The molecule has 4 aliphatic rings. The maximum atomic E-state index is 13.8. The van der Waals surface area contributed by atoms with Crippen LogP contribution in [0.15, 0.2) is 4.99 Å². The van der Waals surface area contributed by atoms with E-state index >= 15 is 0 Å². The zero-order valence-electron chi connectivity index (χ0n) is 18.1. The molecule has 0 aromatic rings. The fourth-order valence-corrected chi connectivity index (χ4v) is 5.75. The molecule has 0 aromatic carbocycles. The van der Waals surface area contributed by atoms with Crippen LogP contribution < -0.4 is 21.5 Å². The third kappa shape index (κ3) is 6.29. The Balaban J connectivity index is 1.36. The summed E-state index contributed by atoms with van der Waals surface area (Å²) < 4.78 is 27.3. The van der Waals surface area contributed by atoms with Gasteiger partial charge in [0.25, 0.3) is 0 Å². The number of aliphatic imine (C=N–C) groups is 1. The molecule has 1 aliphatic heterocycles. The van der Waals surface area contributed by atoms with E-state index in [4.69, 9.17) is 16.6 Å². The molecule has 31 heavy (non-hydrogen) atoms. The molecular formula is C22H36ClF2N5O. The Labute approximate surface area is 188 Å². The molecule has 1 amide bonds. The second kappa shape index (κ2) is 10.8. The number of carbonyl (C=O) groups is 1. The van der Waals surface area contributed by atoms with Crippen LogP contribution in [0.5, 0.6) is 0 Å². The number of hydrazine groups is 1. The van der Waals surface area contributed by atoms with Gasteiger partial charge >= 0.3 is 0 Å². The van der Waals surface area contributed by atoms with Crippen LogP contribution in [0.25, 0.3) is 0 Å². The highest BCUT2D eigenvalue weighted by molar-refractivity contribution is 6.20. The monoisotopic (exact) mass is 459 g/mol. The van der Waals surface area contributed by atoms with E-state index < -0.39 is 18.3 Å². The number of rotatable bonds is 4. The Hall–Kier alpha value is -0.990. The molecule has 3 aliphatic carbocycles. The molecule has 1 heterocycles. The molecule has 4 N–H and O–H groups in total. The molecule has 176 valence electrons. The Bertz CT molecular complexity index is 639. The predicted molar refractivity (Wildman–Crippen MR) is 118 cm³/mol. The number of hydrogen-bond acceptors (Lipinski definition) is 4. The highest BCUT2D eigenvalue weighted by Gasteiger charge is 2.36. The molecule has 3 saturated carbocycles. The molecule has 9 heteroatoms. The van der Waals surface area contributed by atoms with Gasteiger partial charge in [0.05, 0.1) is 0 Å². The highest BCUT2D eigenvalue weighted by atomic mass is 35.5. The Morgan fingerprint density at radius 2 is 1.65 bits per heavy atom. The van der Waals surface area contributed by atoms with Crippen LogP contribution in [-0.2, 0) is 4.79 Å². The summed E-state index contributed by atoms with van der Waals surface area (Å²) in [5, 5.41) is 6.60. The topological polar surface area (TPSA) is 77.5 Å². The van der Waals surface area contributed by atoms with Crippen molar-refractivity contribution < 1.29 is 13.6 Å². The van der Waals surface area contributed by atoms with E-state index in [9.17, 15) is 13.6 Å². The lowest BCUT2D eigenvalue weighted by Gasteiger charge is -2.29. The third-order valence-corrected chi connectivity index (χ3v) is 7.91. The fourth-order valence-electron chi connectivity index (χ4n) is 5.50. The van der Waals surface area contributed by atoms with E-state index in [-0.39, 0.29) is 24.9 Å². The van der Waals surface area contributed by atoms with Gasteiger partial charge in [-0.05, 0) is 63.7 Å². The minimum atomic E-state index is -1.56. The van der Waals surface area contributed by atoms with Gasteiger partial charge in [-0.15, -0.1) is 11.6 Å². The van der Waals surface area contributed by atoms with Gasteiger partial charge in [-0.1, -0.05) is 12.8 Å². The van der Waals surface area contributed by atoms with Gasteiger partial charge in [-0.3, -0.25) is 15.5 Å². The second-order valence-corrected chi connectivity index (χ2v) is 10.4. The van der Waals surface area contributed by atoms with Crippen LogP contribution in [0.2, 0.25) is 0 Å². The van der Waals surface area contributed by atoms with Crippen molar-refractivity contribution >= 4 is 23.5 Å². The number of alkyl halides is 3. The third-order valence-electron chi connectivity index (χ3n) is 7.47. The van der Waals surface area contributed by atoms with Crippen molar-refractivity contribution in [3.05, 3.63) is 0 Å². The van der Waals surface area contributed by atoms with E-state index in [1.807, 2.05) is 0 Å². The lowest BCUT2D eigenvalue weighted by atomic mass is 9.83. The number of nitrogens with zero attached hydrogens (tertiary/aromatic N) is 1. The summed E-state index contributed by atoms with van der Waals surface area (Å²) in [6, 6.07) is 0.632. The zero-order chi connectivity index (χ0) is 21.8. The summed E-state index contributed by atoms with van der Waals surface area (Å²) in [5.41, 5.74) is 6.65. The molecular weight excluding hydrogens is 424 g/mol. The van der Waals surface area contributed by atoms with Crippen LogP contribution in [0.1, 0.15) is 77.0 Å². The van der Waals surface area contributed by atoms with Gasteiger partial charge in [-0.2, -0.15) is 0 Å². The van der Waals surface area contributed by atoms with Crippen molar-refractivity contribution in [1.82, 2.24) is 21.5 Å². The van der Waals surface area contributed by atoms with Gasteiger partial charge in [0.1, 0.15) is 18.5 Å². The maximum Gasteiger partial charge on any atom is 0.229 e. The first kappa shape index (κ1) is 23.2. The Kier molecular flexibility index (Phi) is 8.04. The van der Waals surface area contributed by atoms with Crippen molar-refractivity contribution in [2.24, 2.45) is 16.8 Å². The van der Waals surface area contributed by atoms with Crippen LogP contribution in [0, 0.1) is 11.8 Å². The SMILES string of the molecule is O=C(N/C(=N\C1CC(C2CCC(Cl)CC2)NN1)NC1CCCC1)C1CCC(F)C(F)C1. The molecule has 5 atom stereocenters. The van der Waals surface area contributed by atoms with Crippen LogP contribution >= 0.6 is 11.6 Å². The van der Waals surface area contributed by atoms with Gasteiger partial charge in [0.2, 0.25) is 5.91 Å². The van der Waals surface area contributed by atoms with Crippen molar-refractivity contribution in [2.45, 2.75) is 113 Å². The lowest BCUT2D eigenvalue weighted by Crippen LogP contribution is -2.49. The minimum absolute atomic E-state index is 0.0573. The normalized spacial score (nSPS) is 40.1. The van der Waals surface area contributed by atoms with E-state index in [2.05, 4.69) is 21.5 Å². The molecule has 0 bridgehead atoms. The summed E-state index contributed by atoms with van der Waals surface area (Å²) in [5.74, 6) is 0.271. The van der Waals surface area contributed by atoms with Gasteiger partial charge in [-0.25, -0.2) is 19.2 Å². The second-order valence-electron chi connectivity index (χ2n) is 9.79. The number of guanidine groups is 1. The average Bonchev–Trinajstić information content (AvgIpc) is 3.43. The maximum absolute atomic E-state index is 13.8. The Morgan fingerprint density at radius 1 is 0.903 bits per heavy atom.